The van der Waals surface area contributed by atoms with E-state index in [9.17, 15) is 5.26 Å². The molecule has 0 bridgehead atoms. The highest BCUT2D eigenvalue weighted by Gasteiger charge is 2.09. The lowest BCUT2D eigenvalue weighted by molar-refractivity contribution is 0.621. The van der Waals surface area contributed by atoms with Gasteiger partial charge in [-0.05, 0) is 29.7 Å². The fourth-order valence-corrected chi connectivity index (χ4v) is 1.89. The first-order valence-corrected chi connectivity index (χ1v) is 6.45. The topological polar surface area (TPSA) is 48.7 Å². The Morgan fingerprint density at radius 1 is 1.21 bits per heavy atom. The van der Waals surface area contributed by atoms with E-state index >= 15 is 0 Å². The fourth-order valence-electron chi connectivity index (χ4n) is 1.89. The molecule has 0 aliphatic heterocycles. The maximum Gasteiger partial charge on any atom is 0.121 e. The van der Waals surface area contributed by atoms with Crippen LogP contribution < -0.4 is 5.32 Å². The molecule has 0 fully saturated rings. The molecule has 1 N–H and O–H groups in total. The van der Waals surface area contributed by atoms with Crippen molar-refractivity contribution in [1.29, 1.82) is 5.26 Å². The predicted octanol–water partition coefficient (Wildman–Crippen LogP) is 3.00. The largest absolute Gasteiger partial charge is 0.293 e. The quantitative estimate of drug-likeness (QED) is 0.888. The van der Waals surface area contributed by atoms with Crippen molar-refractivity contribution in [3.63, 3.8) is 0 Å². The van der Waals surface area contributed by atoms with Crippen LogP contribution in [-0.4, -0.2) is 4.98 Å². The van der Waals surface area contributed by atoms with Gasteiger partial charge in [0, 0.05) is 12.7 Å². The zero-order valence-electron chi connectivity index (χ0n) is 11.0. The molecule has 96 valence electrons. The van der Waals surface area contributed by atoms with E-state index in [1.165, 1.54) is 5.56 Å². The third-order valence-corrected chi connectivity index (χ3v) is 3.06. The van der Waals surface area contributed by atoms with Crippen molar-refractivity contribution in [1.82, 2.24) is 10.3 Å². The number of nitriles is 1. The van der Waals surface area contributed by atoms with E-state index in [2.05, 4.69) is 35.4 Å². The maximum atomic E-state index is 9.25. The van der Waals surface area contributed by atoms with Gasteiger partial charge in [0.15, 0.2) is 0 Å². The third-order valence-electron chi connectivity index (χ3n) is 3.06. The highest BCUT2D eigenvalue weighted by atomic mass is 14.9. The van der Waals surface area contributed by atoms with Gasteiger partial charge in [-0.25, -0.2) is 0 Å². The van der Waals surface area contributed by atoms with Crippen LogP contribution in [0, 0.1) is 11.3 Å². The summed E-state index contributed by atoms with van der Waals surface area (Å²) in [4.78, 5) is 4.23. The second-order valence-corrected chi connectivity index (χ2v) is 4.36. The van der Waals surface area contributed by atoms with E-state index in [4.69, 9.17) is 0 Å². The van der Waals surface area contributed by atoms with Crippen molar-refractivity contribution in [3.05, 3.63) is 65.5 Å². The molecule has 0 saturated heterocycles. The minimum atomic E-state index is -0.298. The van der Waals surface area contributed by atoms with Crippen LogP contribution in [0.3, 0.4) is 0 Å². The van der Waals surface area contributed by atoms with Gasteiger partial charge in [-0.2, -0.15) is 5.26 Å². The van der Waals surface area contributed by atoms with E-state index in [1.54, 1.807) is 6.20 Å². The summed E-state index contributed by atoms with van der Waals surface area (Å²) in [6.45, 7) is 2.71. The van der Waals surface area contributed by atoms with Gasteiger partial charge in [-0.15, -0.1) is 0 Å². The molecule has 0 aliphatic rings. The van der Waals surface area contributed by atoms with Crippen LogP contribution in [0.25, 0.3) is 0 Å². The number of hydrogen-bond acceptors (Lipinski definition) is 3. The zero-order valence-corrected chi connectivity index (χ0v) is 11.0. The number of nitrogens with zero attached hydrogens (tertiary/aromatic N) is 2. The number of aromatic nitrogens is 1. The van der Waals surface area contributed by atoms with Gasteiger partial charge in [0.25, 0.3) is 0 Å². The molecule has 0 aliphatic carbocycles. The number of benzene rings is 1. The Bertz CT molecular complexity index is 540. The van der Waals surface area contributed by atoms with Crippen LogP contribution in [-0.2, 0) is 13.0 Å². The summed E-state index contributed by atoms with van der Waals surface area (Å²) in [5.74, 6) is 0. The molecule has 1 aromatic heterocycles. The molecule has 0 amide bonds. The van der Waals surface area contributed by atoms with Crippen LogP contribution in [0.2, 0.25) is 0 Å². The SMILES string of the molecule is CCc1ccc(C(C#N)NCc2ccccn2)cc1. The first-order chi connectivity index (χ1) is 9.33. The lowest BCUT2D eigenvalue weighted by Gasteiger charge is -2.12. The summed E-state index contributed by atoms with van der Waals surface area (Å²) in [7, 11) is 0. The molecule has 1 heterocycles. The van der Waals surface area contributed by atoms with Gasteiger partial charge in [-0.3, -0.25) is 10.3 Å². The second-order valence-electron chi connectivity index (χ2n) is 4.36. The van der Waals surface area contributed by atoms with E-state index in [1.807, 2.05) is 30.3 Å². The van der Waals surface area contributed by atoms with E-state index in [-0.39, 0.29) is 6.04 Å². The third kappa shape index (κ3) is 3.64. The summed E-state index contributed by atoms with van der Waals surface area (Å²) in [6.07, 6.45) is 2.77. The van der Waals surface area contributed by atoms with Gasteiger partial charge in [0.2, 0.25) is 0 Å². The smallest absolute Gasteiger partial charge is 0.121 e. The highest BCUT2D eigenvalue weighted by molar-refractivity contribution is 5.28. The number of nitrogens with one attached hydrogen (secondary N) is 1. The Hall–Kier alpha value is -2.18. The zero-order chi connectivity index (χ0) is 13.5. The van der Waals surface area contributed by atoms with Crippen molar-refractivity contribution in [2.24, 2.45) is 0 Å². The maximum absolute atomic E-state index is 9.25. The van der Waals surface area contributed by atoms with E-state index < -0.39 is 0 Å². The molecule has 1 aromatic carbocycles. The molecule has 1 atom stereocenters. The summed E-state index contributed by atoms with van der Waals surface area (Å²) in [5, 5.41) is 12.5. The van der Waals surface area contributed by atoms with Crippen LogP contribution in [0.15, 0.2) is 48.7 Å². The molecule has 0 saturated carbocycles. The molecule has 2 aromatic rings. The average Bonchev–Trinajstić information content (AvgIpc) is 2.49. The number of pyridine rings is 1. The number of rotatable bonds is 5. The van der Waals surface area contributed by atoms with Gasteiger partial charge in [0.1, 0.15) is 6.04 Å². The van der Waals surface area contributed by atoms with Crippen molar-refractivity contribution in [3.8, 4) is 6.07 Å². The number of aryl methyl sites for hydroxylation is 1. The first-order valence-electron chi connectivity index (χ1n) is 6.45. The molecule has 0 spiro atoms. The highest BCUT2D eigenvalue weighted by Crippen LogP contribution is 2.14. The van der Waals surface area contributed by atoms with Gasteiger partial charge in [0.05, 0.1) is 11.8 Å². The summed E-state index contributed by atoms with van der Waals surface area (Å²) >= 11 is 0. The monoisotopic (exact) mass is 251 g/mol. The fraction of sp³-hybridized carbons (Fsp3) is 0.250. The summed E-state index contributed by atoms with van der Waals surface area (Å²) in [5.41, 5.74) is 3.22. The summed E-state index contributed by atoms with van der Waals surface area (Å²) in [6, 6.07) is 15.9. The molecule has 0 radical (unpaired) electrons. The lowest BCUT2D eigenvalue weighted by atomic mass is 10.0. The Morgan fingerprint density at radius 2 is 2.00 bits per heavy atom. The molecule has 2 rings (SSSR count). The standard InChI is InChI=1S/C16H17N3/c1-2-13-6-8-14(9-7-13)16(11-17)19-12-15-5-3-4-10-18-15/h3-10,16,19H,2,12H2,1H3. The van der Waals surface area contributed by atoms with Crippen molar-refractivity contribution < 1.29 is 0 Å². The Labute approximate surface area is 113 Å². The Kier molecular flexibility index (Phi) is 4.66. The minimum absolute atomic E-state index is 0.298. The van der Waals surface area contributed by atoms with Crippen LogP contribution in [0.1, 0.15) is 29.8 Å². The number of hydrogen-bond donors (Lipinski definition) is 1. The van der Waals surface area contributed by atoms with Crippen molar-refractivity contribution >= 4 is 0 Å². The van der Waals surface area contributed by atoms with E-state index in [0.717, 1.165) is 17.7 Å². The predicted molar refractivity (Wildman–Crippen MR) is 75.3 cm³/mol. The Morgan fingerprint density at radius 3 is 2.58 bits per heavy atom. The molecular weight excluding hydrogens is 234 g/mol. The second kappa shape index (κ2) is 6.67. The lowest BCUT2D eigenvalue weighted by Crippen LogP contribution is -2.20. The molecular formula is C16H17N3. The average molecular weight is 251 g/mol. The van der Waals surface area contributed by atoms with Crippen molar-refractivity contribution in [2.75, 3.05) is 0 Å². The van der Waals surface area contributed by atoms with Gasteiger partial charge < -0.3 is 0 Å². The summed E-state index contributed by atoms with van der Waals surface area (Å²) < 4.78 is 0. The van der Waals surface area contributed by atoms with Crippen LogP contribution in [0.4, 0.5) is 0 Å². The van der Waals surface area contributed by atoms with Crippen molar-refractivity contribution in [2.45, 2.75) is 25.9 Å². The Balaban J connectivity index is 2.02. The minimum Gasteiger partial charge on any atom is -0.293 e. The molecule has 1 unspecified atom stereocenters. The normalized spacial score (nSPS) is 11.8. The first kappa shape index (κ1) is 13.3. The van der Waals surface area contributed by atoms with Gasteiger partial charge in [-0.1, -0.05) is 37.3 Å². The van der Waals surface area contributed by atoms with Gasteiger partial charge >= 0.3 is 0 Å². The molecule has 19 heavy (non-hydrogen) atoms. The van der Waals surface area contributed by atoms with Crippen LogP contribution >= 0.6 is 0 Å². The van der Waals surface area contributed by atoms with E-state index in [0.29, 0.717) is 6.54 Å². The van der Waals surface area contributed by atoms with Crippen LogP contribution in [0.5, 0.6) is 0 Å². The molecule has 3 nitrogen and oxygen atoms in total. The molecule has 3 heteroatoms.